The fraction of sp³-hybridized carbons (Fsp3) is 0.417. The maximum absolute atomic E-state index is 11.5. The Labute approximate surface area is 116 Å². The standard InChI is InChI=1S/C12H14ClNO4S/c1-8-2-5-10(11(6-8)19(13,16)17)18-7-12(15)14-9-3-4-9/h2,5-6,9H,3-4,7H2,1H3,(H,14,15). The SMILES string of the molecule is Cc1ccc(OCC(=O)NC2CC2)c(S(=O)(=O)Cl)c1. The average Bonchev–Trinajstić information content (AvgIpc) is 3.10. The van der Waals surface area contributed by atoms with E-state index in [-0.39, 0.29) is 29.2 Å². The number of halogens is 1. The van der Waals surface area contributed by atoms with Crippen molar-refractivity contribution in [2.45, 2.75) is 30.7 Å². The zero-order chi connectivity index (χ0) is 14.0. The van der Waals surface area contributed by atoms with E-state index < -0.39 is 9.05 Å². The van der Waals surface area contributed by atoms with E-state index in [2.05, 4.69) is 5.32 Å². The normalized spacial score (nSPS) is 15.1. The van der Waals surface area contributed by atoms with Crippen LogP contribution < -0.4 is 10.1 Å². The maximum Gasteiger partial charge on any atom is 0.264 e. The topological polar surface area (TPSA) is 72.5 Å². The molecule has 0 radical (unpaired) electrons. The predicted octanol–water partition coefficient (Wildman–Crippen LogP) is 1.58. The first-order valence-electron chi connectivity index (χ1n) is 5.84. The highest BCUT2D eigenvalue weighted by Gasteiger charge is 2.24. The van der Waals surface area contributed by atoms with E-state index in [1.54, 1.807) is 13.0 Å². The molecule has 1 fully saturated rings. The molecule has 1 aliphatic carbocycles. The Balaban J connectivity index is 2.08. The van der Waals surface area contributed by atoms with E-state index in [1.807, 2.05) is 0 Å². The van der Waals surface area contributed by atoms with Crippen LogP contribution in [0.5, 0.6) is 5.75 Å². The van der Waals surface area contributed by atoms with Crippen molar-refractivity contribution in [2.75, 3.05) is 6.61 Å². The van der Waals surface area contributed by atoms with Gasteiger partial charge >= 0.3 is 0 Å². The molecule has 1 aliphatic rings. The molecule has 0 aliphatic heterocycles. The summed E-state index contributed by atoms with van der Waals surface area (Å²) in [4.78, 5) is 11.4. The summed E-state index contributed by atoms with van der Waals surface area (Å²) >= 11 is 0. The molecule has 0 bridgehead atoms. The Bertz CT molecular complexity index is 596. The minimum atomic E-state index is -3.90. The zero-order valence-corrected chi connectivity index (χ0v) is 11.9. The molecule has 0 aromatic heterocycles. The van der Waals surface area contributed by atoms with Crippen LogP contribution in [0.4, 0.5) is 0 Å². The number of aryl methyl sites for hydroxylation is 1. The summed E-state index contributed by atoms with van der Waals surface area (Å²) in [5.74, 6) is -0.174. The van der Waals surface area contributed by atoms with E-state index in [0.29, 0.717) is 0 Å². The van der Waals surface area contributed by atoms with Gasteiger partial charge in [-0.15, -0.1) is 0 Å². The Morgan fingerprint density at radius 3 is 2.74 bits per heavy atom. The number of carbonyl (C=O) groups excluding carboxylic acids is 1. The Hall–Kier alpha value is -1.27. The van der Waals surface area contributed by atoms with Crippen LogP contribution >= 0.6 is 10.7 Å². The minimum absolute atomic E-state index is 0.0894. The lowest BCUT2D eigenvalue weighted by Gasteiger charge is -2.10. The van der Waals surface area contributed by atoms with Crippen molar-refractivity contribution in [2.24, 2.45) is 0 Å². The Morgan fingerprint density at radius 1 is 1.47 bits per heavy atom. The quantitative estimate of drug-likeness (QED) is 0.838. The molecule has 1 saturated carbocycles. The van der Waals surface area contributed by atoms with Gasteiger partial charge in [-0.3, -0.25) is 4.79 Å². The van der Waals surface area contributed by atoms with Crippen molar-refractivity contribution < 1.29 is 17.9 Å². The van der Waals surface area contributed by atoms with Crippen LogP contribution in [0.3, 0.4) is 0 Å². The van der Waals surface area contributed by atoms with Crippen LogP contribution in [-0.2, 0) is 13.8 Å². The molecular weight excluding hydrogens is 290 g/mol. The molecule has 1 aromatic carbocycles. The first kappa shape index (κ1) is 14.1. The highest BCUT2D eigenvalue weighted by atomic mass is 35.7. The third kappa shape index (κ3) is 4.11. The monoisotopic (exact) mass is 303 g/mol. The molecule has 0 spiro atoms. The number of carbonyl (C=O) groups is 1. The molecule has 0 unspecified atom stereocenters. The van der Waals surface area contributed by atoms with Crippen LogP contribution in [0.2, 0.25) is 0 Å². The van der Waals surface area contributed by atoms with Gasteiger partial charge in [-0.25, -0.2) is 8.42 Å². The van der Waals surface area contributed by atoms with Gasteiger partial charge in [0.05, 0.1) is 0 Å². The van der Waals surface area contributed by atoms with Crippen molar-refractivity contribution in [1.82, 2.24) is 5.32 Å². The van der Waals surface area contributed by atoms with Crippen LogP contribution in [0.1, 0.15) is 18.4 Å². The summed E-state index contributed by atoms with van der Waals surface area (Å²) in [5.41, 5.74) is 0.744. The lowest BCUT2D eigenvalue weighted by molar-refractivity contribution is -0.123. The summed E-state index contributed by atoms with van der Waals surface area (Å²) in [6, 6.07) is 4.84. The van der Waals surface area contributed by atoms with Crippen LogP contribution in [-0.4, -0.2) is 27.0 Å². The number of ether oxygens (including phenoxy) is 1. The first-order valence-corrected chi connectivity index (χ1v) is 8.14. The third-order valence-corrected chi connectivity index (χ3v) is 4.01. The van der Waals surface area contributed by atoms with Gasteiger partial charge in [-0.05, 0) is 37.5 Å². The molecular formula is C12H14ClNO4S. The van der Waals surface area contributed by atoms with Crippen molar-refractivity contribution in [3.05, 3.63) is 23.8 Å². The van der Waals surface area contributed by atoms with Crippen molar-refractivity contribution in [1.29, 1.82) is 0 Å². The van der Waals surface area contributed by atoms with Crippen molar-refractivity contribution >= 4 is 25.6 Å². The van der Waals surface area contributed by atoms with Crippen molar-refractivity contribution in [3.8, 4) is 5.75 Å². The highest BCUT2D eigenvalue weighted by Crippen LogP contribution is 2.28. The predicted molar refractivity (Wildman–Crippen MR) is 70.9 cm³/mol. The highest BCUT2D eigenvalue weighted by molar-refractivity contribution is 8.13. The second-order valence-corrected chi connectivity index (χ2v) is 7.05. The molecule has 104 valence electrons. The smallest absolute Gasteiger partial charge is 0.264 e. The van der Waals surface area contributed by atoms with Gasteiger partial charge in [0.25, 0.3) is 15.0 Å². The number of nitrogens with one attached hydrogen (secondary N) is 1. The minimum Gasteiger partial charge on any atom is -0.482 e. The molecule has 1 aromatic rings. The molecule has 5 nitrogen and oxygen atoms in total. The van der Waals surface area contributed by atoms with E-state index >= 15 is 0 Å². The average molecular weight is 304 g/mol. The summed E-state index contributed by atoms with van der Waals surface area (Å²) in [7, 11) is 1.44. The Kier molecular flexibility index (Phi) is 4.01. The summed E-state index contributed by atoms with van der Waals surface area (Å²) < 4.78 is 28.1. The number of hydrogen-bond donors (Lipinski definition) is 1. The molecule has 1 amide bonds. The summed E-state index contributed by atoms with van der Waals surface area (Å²) in [5, 5.41) is 2.75. The molecule has 0 saturated heterocycles. The fourth-order valence-corrected chi connectivity index (χ4v) is 2.62. The number of hydrogen-bond acceptors (Lipinski definition) is 4. The zero-order valence-electron chi connectivity index (χ0n) is 10.3. The maximum atomic E-state index is 11.5. The van der Waals surface area contributed by atoms with E-state index in [1.165, 1.54) is 12.1 Å². The fourth-order valence-electron chi connectivity index (χ4n) is 1.57. The molecule has 2 rings (SSSR count). The number of benzene rings is 1. The van der Waals surface area contributed by atoms with Crippen molar-refractivity contribution in [3.63, 3.8) is 0 Å². The lowest BCUT2D eigenvalue weighted by atomic mass is 10.2. The van der Waals surface area contributed by atoms with Gasteiger partial charge in [0.2, 0.25) is 0 Å². The van der Waals surface area contributed by atoms with Gasteiger partial charge in [-0.2, -0.15) is 0 Å². The van der Waals surface area contributed by atoms with Crippen LogP contribution in [0.25, 0.3) is 0 Å². The van der Waals surface area contributed by atoms with Gasteiger partial charge in [0.1, 0.15) is 10.6 Å². The number of amides is 1. The third-order valence-electron chi connectivity index (χ3n) is 2.66. The molecule has 19 heavy (non-hydrogen) atoms. The van der Waals surface area contributed by atoms with Crippen LogP contribution in [0.15, 0.2) is 23.1 Å². The van der Waals surface area contributed by atoms with Gasteiger partial charge < -0.3 is 10.1 Å². The van der Waals surface area contributed by atoms with E-state index in [0.717, 1.165) is 18.4 Å². The van der Waals surface area contributed by atoms with Crippen LogP contribution in [0, 0.1) is 6.92 Å². The van der Waals surface area contributed by atoms with Gasteiger partial charge in [0, 0.05) is 16.7 Å². The lowest BCUT2D eigenvalue weighted by Crippen LogP contribution is -2.30. The molecule has 7 heteroatoms. The summed E-state index contributed by atoms with van der Waals surface area (Å²) in [6.45, 7) is 1.52. The van der Waals surface area contributed by atoms with Gasteiger partial charge in [0.15, 0.2) is 6.61 Å². The van der Waals surface area contributed by atoms with E-state index in [4.69, 9.17) is 15.4 Å². The summed E-state index contributed by atoms with van der Waals surface area (Å²) in [6.07, 6.45) is 1.97. The van der Waals surface area contributed by atoms with E-state index in [9.17, 15) is 13.2 Å². The largest absolute Gasteiger partial charge is 0.482 e. The molecule has 0 heterocycles. The second kappa shape index (κ2) is 5.38. The second-order valence-electron chi connectivity index (χ2n) is 4.52. The first-order chi connectivity index (χ1) is 8.86. The van der Waals surface area contributed by atoms with Gasteiger partial charge in [-0.1, -0.05) is 6.07 Å². The molecule has 0 atom stereocenters. The Morgan fingerprint density at radius 2 is 2.16 bits per heavy atom. The molecule has 1 N–H and O–H groups in total. The number of rotatable bonds is 5.